The van der Waals surface area contributed by atoms with Gasteiger partial charge in [-0.15, -0.1) is 6.58 Å². The van der Waals surface area contributed by atoms with Gasteiger partial charge in [-0.25, -0.2) is 13.4 Å². The third-order valence-corrected chi connectivity index (χ3v) is 11.8. The number of pyridine rings is 1. The normalized spacial score (nSPS) is 24.6. The number of rotatable bonds is 12. The summed E-state index contributed by atoms with van der Waals surface area (Å²) in [5.41, 5.74) is -2.87. The van der Waals surface area contributed by atoms with Crippen LogP contribution in [0.5, 0.6) is 5.88 Å². The monoisotopic (exact) mass is 715 g/mol. The van der Waals surface area contributed by atoms with Crippen LogP contribution in [0, 0.1) is 17.3 Å². The molecule has 0 radical (unpaired) electrons. The van der Waals surface area contributed by atoms with E-state index in [2.05, 4.69) is 16.9 Å². The number of amides is 2. The molecule has 5 rings (SSSR count). The highest BCUT2D eigenvalue weighted by Crippen LogP contribution is 2.46. The molecular weight excluding hydrogens is 670 g/mol. The van der Waals surface area contributed by atoms with E-state index in [4.69, 9.17) is 21.1 Å². The number of nitrogens with one attached hydrogen (secondary N) is 1. The lowest BCUT2D eigenvalue weighted by Gasteiger charge is -2.35. The van der Waals surface area contributed by atoms with Crippen molar-refractivity contribution in [2.24, 2.45) is 17.3 Å². The number of sulfone groups is 1. The average molecular weight is 716 g/mol. The summed E-state index contributed by atoms with van der Waals surface area (Å²) in [6.07, 6.45) is 3.58. The molecule has 2 aromatic rings. The van der Waals surface area contributed by atoms with Crippen LogP contribution in [0.1, 0.15) is 73.6 Å². The summed E-state index contributed by atoms with van der Waals surface area (Å²) in [4.78, 5) is 61.0. The number of hydrogen-bond donors (Lipinski definition) is 1. The number of hydrogen-bond acceptors (Lipinski definition) is 9. The third kappa shape index (κ3) is 8.28. The van der Waals surface area contributed by atoms with Crippen LogP contribution in [-0.4, -0.2) is 82.7 Å². The lowest BCUT2D eigenvalue weighted by Crippen LogP contribution is -2.55. The molecular formula is C36H46ClN3O8S. The molecule has 2 heterocycles. The Kier molecular flexibility index (Phi) is 9.99. The number of benzene rings is 1. The van der Waals surface area contributed by atoms with Gasteiger partial charge >= 0.3 is 5.97 Å². The Morgan fingerprint density at radius 1 is 1.14 bits per heavy atom. The lowest BCUT2D eigenvalue weighted by atomic mass is 9.77. The zero-order chi connectivity index (χ0) is 36.1. The Bertz CT molecular complexity index is 1780. The highest BCUT2D eigenvalue weighted by atomic mass is 35.5. The standard InChI is InChI=1S/C36H46ClN3O8S/c1-8-22-18-36(22,29(41)20-49(45,46)25-10-11-25)39-31(43)28-16-24(47-32-26-12-9-23(37)15-21(26)13-14-38-32)19-40(28)33(44)27(34(2,3)4)17-30(42)48-35(5,6)7/h8-9,12-15,22,24-25,27-28H,1,10-11,16-20H2,2-7H3,(H,39,43)/t22-,24-,27-,28+,36-/m1/s1. The van der Waals surface area contributed by atoms with E-state index >= 15 is 0 Å². The van der Waals surface area contributed by atoms with E-state index < -0.39 is 84.9 Å². The molecule has 1 aromatic heterocycles. The van der Waals surface area contributed by atoms with Crippen molar-refractivity contribution in [1.29, 1.82) is 0 Å². The van der Waals surface area contributed by atoms with E-state index in [9.17, 15) is 27.6 Å². The predicted molar refractivity (Wildman–Crippen MR) is 186 cm³/mol. The summed E-state index contributed by atoms with van der Waals surface area (Å²) in [6, 6.07) is 6.00. The number of esters is 1. The second kappa shape index (κ2) is 13.3. The number of ether oxygens (including phenoxy) is 2. The van der Waals surface area contributed by atoms with E-state index in [0.717, 1.165) is 5.39 Å². The number of fused-ring (bicyclic) bond motifs is 1. The Labute approximate surface area is 293 Å². The van der Waals surface area contributed by atoms with E-state index in [1.54, 1.807) is 57.3 Å². The molecule has 49 heavy (non-hydrogen) atoms. The van der Waals surface area contributed by atoms with Gasteiger partial charge in [0, 0.05) is 28.9 Å². The minimum absolute atomic E-state index is 0.00533. The molecule has 5 atom stereocenters. The number of halogens is 1. The van der Waals surface area contributed by atoms with Crippen LogP contribution in [0.25, 0.3) is 10.8 Å². The number of nitrogens with zero attached hydrogens (tertiary/aromatic N) is 2. The smallest absolute Gasteiger partial charge is 0.307 e. The Morgan fingerprint density at radius 2 is 1.84 bits per heavy atom. The van der Waals surface area contributed by atoms with Gasteiger partial charge < -0.3 is 19.7 Å². The fourth-order valence-electron chi connectivity index (χ4n) is 6.53. The van der Waals surface area contributed by atoms with Gasteiger partial charge in [0.1, 0.15) is 29.0 Å². The van der Waals surface area contributed by atoms with Crippen LogP contribution in [0.15, 0.2) is 43.1 Å². The van der Waals surface area contributed by atoms with Crippen molar-refractivity contribution in [1.82, 2.24) is 15.2 Å². The maximum absolute atomic E-state index is 14.5. The van der Waals surface area contributed by atoms with E-state index in [-0.39, 0.29) is 25.8 Å². The number of likely N-dealkylation sites (tertiary alicyclic amines) is 1. The predicted octanol–water partition coefficient (Wildman–Crippen LogP) is 4.84. The molecule has 0 bridgehead atoms. The molecule has 2 amide bonds. The molecule has 3 aliphatic rings. The largest absolute Gasteiger partial charge is 0.472 e. The molecule has 2 saturated carbocycles. The Hall–Kier alpha value is -3.51. The number of carbonyl (C=O) groups excluding carboxylic acids is 4. The zero-order valence-electron chi connectivity index (χ0n) is 29.0. The minimum Gasteiger partial charge on any atom is -0.472 e. The van der Waals surface area contributed by atoms with Crippen LogP contribution >= 0.6 is 11.6 Å². The molecule has 1 aromatic carbocycles. The minimum atomic E-state index is -3.64. The molecule has 1 saturated heterocycles. The van der Waals surface area contributed by atoms with Gasteiger partial charge in [0.05, 0.1) is 24.1 Å². The molecule has 0 spiro atoms. The zero-order valence-corrected chi connectivity index (χ0v) is 30.5. The molecule has 0 unspecified atom stereocenters. The number of carbonyl (C=O) groups is 4. The van der Waals surface area contributed by atoms with Crippen LogP contribution < -0.4 is 10.1 Å². The second-order valence-corrected chi connectivity index (χ2v) is 18.3. The summed E-state index contributed by atoms with van der Waals surface area (Å²) in [5.74, 6) is -3.83. The van der Waals surface area contributed by atoms with Gasteiger partial charge in [-0.1, -0.05) is 38.4 Å². The average Bonchev–Trinajstić information content (AvgIpc) is 3.91. The Balaban J connectivity index is 1.44. The number of Topliss-reactive ketones (excluding diaryl/α,β-unsaturated/α-hetero) is 1. The molecule has 1 aliphatic heterocycles. The topological polar surface area (TPSA) is 149 Å². The van der Waals surface area contributed by atoms with Crippen molar-refractivity contribution < 1.29 is 37.1 Å². The number of aromatic nitrogens is 1. The first kappa shape index (κ1) is 36.8. The van der Waals surface area contributed by atoms with Crippen LogP contribution in [-0.2, 0) is 33.8 Å². The van der Waals surface area contributed by atoms with Crippen molar-refractivity contribution >= 4 is 55.8 Å². The summed E-state index contributed by atoms with van der Waals surface area (Å²) >= 11 is 6.20. The van der Waals surface area contributed by atoms with Crippen LogP contribution in [0.2, 0.25) is 5.02 Å². The Morgan fingerprint density at radius 3 is 2.43 bits per heavy atom. The highest BCUT2D eigenvalue weighted by molar-refractivity contribution is 7.93. The second-order valence-electron chi connectivity index (χ2n) is 15.6. The van der Waals surface area contributed by atoms with E-state index in [1.165, 1.54) is 4.90 Å². The van der Waals surface area contributed by atoms with Gasteiger partial charge in [-0.3, -0.25) is 19.2 Å². The van der Waals surface area contributed by atoms with Crippen molar-refractivity contribution in [2.75, 3.05) is 12.3 Å². The van der Waals surface area contributed by atoms with E-state index in [1.807, 2.05) is 20.8 Å². The quantitative estimate of drug-likeness (QED) is 0.241. The highest BCUT2D eigenvalue weighted by Gasteiger charge is 2.61. The molecule has 3 fully saturated rings. The van der Waals surface area contributed by atoms with Gasteiger partial charge in [0.15, 0.2) is 15.6 Å². The van der Waals surface area contributed by atoms with E-state index in [0.29, 0.717) is 29.1 Å². The first-order chi connectivity index (χ1) is 22.7. The first-order valence-electron chi connectivity index (χ1n) is 16.7. The van der Waals surface area contributed by atoms with Crippen LogP contribution in [0.3, 0.4) is 0 Å². The van der Waals surface area contributed by atoms with Gasteiger partial charge in [-0.2, -0.15) is 0 Å². The van der Waals surface area contributed by atoms with Crippen molar-refractivity contribution in [3.63, 3.8) is 0 Å². The maximum atomic E-state index is 14.5. The lowest BCUT2D eigenvalue weighted by molar-refractivity contribution is -0.161. The number of ketones is 1. The van der Waals surface area contributed by atoms with Gasteiger partial charge in [-0.05, 0) is 75.1 Å². The summed E-state index contributed by atoms with van der Waals surface area (Å²) in [7, 11) is -3.64. The molecule has 2 aliphatic carbocycles. The fourth-order valence-corrected chi connectivity index (χ4v) is 8.42. The fraction of sp³-hybridized carbons (Fsp3) is 0.583. The van der Waals surface area contributed by atoms with Crippen molar-refractivity contribution in [3.05, 3.63) is 48.1 Å². The molecule has 11 nitrogen and oxygen atoms in total. The molecule has 1 N–H and O–H groups in total. The van der Waals surface area contributed by atoms with Crippen molar-refractivity contribution in [2.45, 2.75) is 102 Å². The summed E-state index contributed by atoms with van der Waals surface area (Å²) in [5, 5.41) is 4.37. The van der Waals surface area contributed by atoms with Gasteiger partial charge in [0.2, 0.25) is 17.7 Å². The van der Waals surface area contributed by atoms with Crippen molar-refractivity contribution in [3.8, 4) is 5.88 Å². The summed E-state index contributed by atoms with van der Waals surface area (Å²) in [6.45, 7) is 14.6. The first-order valence-corrected chi connectivity index (χ1v) is 18.8. The third-order valence-electron chi connectivity index (χ3n) is 9.46. The van der Waals surface area contributed by atoms with Crippen LogP contribution in [0.4, 0.5) is 0 Å². The van der Waals surface area contributed by atoms with Gasteiger partial charge in [0.25, 0.3) is 0 Å². The maximum Gasteiger partial charge on any atom is 0.307 e. The molecule has 13 heteroatoms. The molecule has 266 valence electrons. The SMILES string of the molecule is C=C[C@@H]1C[C@]1(NC(=O)[C@@H]1C[C@@H](Oc2nccc3cc(Cl)ccc23)CN1C(=O)[C@@H](CC(=O)OC(C)(C)C)C(C)(C)C)C(=O)CS(=O)(=O)C1CC1. The summed E-state index contributed by atoms with van der Waals surface area (Å²) < 4.78 is 37.4.